The summed E-state index contributed by atoms with van der Waals surface area (Å²) in [5.41, 5.74) is 0.154. The van der Waals surface area contributed by atoms with Crippen LogP contribution in [0.25, 0.3) is 0 Å². The van der Waals surface area contributed by atoms with E-state index in [1.165, 1.54) is 30.9 Å². The van der Waals surface area contributed by atoms with Crippen molar-refractivity contribution >= 4 is 0 Å². The zero-order valence-electron chi connectivity index (χ0n) is 11.3. The number of aryl methyl sites for hydroxylation is 1. The molecule has 100 valence electrons. The molecule has 1 atom stereocenters. The van der Waals surface area contributed by atoms with Gasteiger partial charge in [0.25, 0.3) is 5.56 Å². The first-order valence-corrected chi connectivity index (χ1v) is 6.48. The Bertz CT molecular complexity index is 540. The second-order valence-electron chi connectivity index (χ2n) is 5.37. The smallest absolute Gasteiger partial charge is 0.310 e. The lowest BCUT2D eigenvalue weighted by atomic mass is 10.1. The monoisotopic (exact) mass is 251 g/mol. The van der Waals surface area contributed by atoms with Crippen molar-refractivity contribution in [2.24, 2.45) is 20.0 Å². The van der Waals surface area contributed by atoms with Crippen LogP contribution in [0.2, 0.25) is 0 Å². The lowest BCUT2D eigenvalue weighted by Gasteiger charge is -2.13. The minimum Gasteiger partial charge on any atom is -0.310 e. The largest absolute Gasteiger partial charge is 0.330 e. The van der Waals surface area contributed by atoms with Crippen LogP contribution in [0.4, 0.5) is 0 Å². The second kappa shape index (κ2) is 5.10. The molecule has 0 spiro atoms. The van der Waals surface area contributed by atoms with E-state index in [1.807, 2.05) is 0 Å². The molecule has 0 bridgehead atoms. The molecule has 1 saturated carbocycles. The molecule has 18 heavy (non-hydrogen) atoms. The van der Waals surface area contributed by atoms with Gasteiger partial charge in [-0.15, -0.1) is 0 Å². The number of hydrogen-bond donors (Lipinski definition) is 1. The number of rotatable bonds is 5. The third-order valence-corrected chi connectivity index (χ3v) is 3.54. The molecule has 1 unspecified atom stereocenters. The van der Waals surface area contributed by atoms with Crippen LogP contribution in [0.1, 0.15) is 31.7 Å². The summed E-state index contributed by atoms with van der Waals surface area (Å²) in [6.07, 6.45) is 5.48. The van der Waals surface area contributed by atoms with Gasteiger partial charge in [-0.25, -0.2) is 4.79 Å². The lowest BCUT2D eigenvalue weighted by molar-refractivity contribution is 0.482. The Hall–Kier alpha value is -1.36. The quantitative estimate of drug-likeness (QED) is 0.822. The van der Waals surface area contributed by atoms with Crippen LogP contribution in [-0.4, -0.2) is 15.2 Å². The topological polar surface area (TPSA) is 56.0 Å². The van der Waals surface area contributed by atoms with Crippen LogP contribution in [0.15, 0.2) is 15.8 Å². The van der Waals surface area contributed by atoms with Crippen LogP contribution in [0, 0.1) is 5.92 Å². The van der Waals surface area contributed by atoms with E-state index in [2.05, 4.69) is 12.2 Å². The van der Waals surface area contributed by atoms with Crippen molar-refractivity contribution in [3.8, 4) is 0 Å². The molecule has 0 aliphatic heterocycles. The molecule has 5 nitrogen and oxygen atoms in total. The van der Waals surface area contributed by atoms with Gasteiger partial charge < -0.3 is 9.88 Å². The minimum absolute atomic E-state index is 0.204. The molecule has 2 rings (SSSR count). The van der Waals surface area contributed by atoms with Gasteiger partial charge in [0, 0.05) is 38.4 Å². The maximum atomic E-state index is 11.9. The normalized spacial score (nSPS) is 16.8. The molecule has 1 aromatic heterocycles. The molecule has 5 heteroatoms. The van der Waals surface area contributed by atoms with Crippen LogP contribution < -0.4 is 16.6 Å². The van der Waals surface area contributed by atoms with E-state index in [0.29, 0.717) is 18.2 Å². The molecule has 0 radical (unpaired) electrons. The highest BCUT2D eigenvalue weighted by Gasteiger charge is 2.23. The second-order valence-corrected chi connectivity index (χ2v) is 5.37. The number of nitrogens with one attached hydrogen (secondary N) is 1. The average Bonchev–Trinajstić information content (AvgIpc) is 3.13. The molecule has 0 saturated heterocycles. The zero-order valence-corrected chi connectivity index (χ0v) is 11.3. The highest BCUT2D eigenvalue weighted by Crippen LogP contribution is 2.33. The maximum Gasteiger partial charge on any atom is 0.330 e. The standard InChI is InChI=1S/C13H21N3O2/c1-9(6-10-4-5-10)14-7-11-8-15(2)13(18)16(3)12(11)17/h8-10,14H,4-7H2,1-3H3. The van der Waals surface area contributed by atoms with E-state index < -0.39 is 0 Å². The van der Waals surface area contributed by atoms with E-state index in [9.17, 15) is 9.59 Å². The van der Waals surface area contributed by atoms with Crippen molar-refractivity contribution in [1.29, 1.82) is 0 Å². The zero-order chi connectivity index (χ0) is 13.3. The highest BCUT2D eigenvalue weighted by atomic mass is 16.2. The summed E-state index contributed by atoms with van der Waals surface area (Å²) in [7, 11) is 3.18. The van der Waals surface area contributed by atoms with Crippen molar-refractivity contribution in [3.63, 3.8) is 0 Å². The van der Waals surface area contributed by atoms with Crippen molar-refractivity contribution in [1.82, 2.24) is 14.5 Å². The number of hydrogen-bond acceptors (Lipinski definition) is 3. The molecule has 1 aliphatic carbocycles. The van der Waals surface area contributed by atoms with Gasteiger partial charge in [0.1, 0.15) is 0 Å². The molecule has 1 aromatic rings. The molecule has 1 heterocycles. The van der Waals surface area contributed by atoms with Crippen LogP contribution >= 0.6 is 0 Å². The molecule has 0 aromatic carbocycles. The highest BCUT2D eigenvalue weighted by molar-refractivity contribution is 5.05. The fraction of sp³-hybridized carbons (Fsp3) is 0.692. The number of aromatic nitrogens is 2. The van der Waals surface area contributed by atoms with E-state index in [4.69, 9.17) is 0 Å². The van der Waals surface area contributed by atoms with Gasteiger partial charge in [-0.3, -0.25) is 9.36 Å². The Morgan fingerprint density at radius 3 is 2.67 bits per heavy atom. The summed E-state index contributed by atoms with van der Waals surface area (Å²) in [5, 5.41) is 3.36. The summed E-state index contributed by atoms with van der Waals surface area (Å²) in [5.74, 6) is 0.871. The van der Waals surface area contributed by atoms with E-state index in [1.54, 1.807) is 13.2 Å². The minimum atomic E-state index is -0.283. The Kier molecular flexibility index (Phi) is 3.71. The molecule has 1 aliphatic rings. The van der Waals surface area contributed by atoms with Gasteiger partial charge in [0.15, 0.2) is 0 Å². The first-order chi connectivity index (χ1) is 8.49. The van der Waals surface area contributed by atoms with E-state index in [-0.39, 0.29) is 11.2 Å². The van der Waals surface area contributed by atoms with Crippen LogP contribution in [-0.2, 0) is 20.6 Å². The first kappa shape index (κ1) is 13.1. The van der Waals surface area contributed by atoms with Crippen molar-refractivity contribution in [2.45, 2.75) is 38.8 Å². The van der Waals surface area contributed by atoms with Gasteiger partial charge >= 0.3 is 5.69 Å². The van der Waals surface area contributed by atoms with Crippen molar-refractivity contribution < 1.29 is 0 Å². The Morgan fingerprint density at radius 1 is 1.39 bits per heavy atom. The molecular formula is C13H21N3O2. The Balaban J connectivity index is 2.04. The third kappa shape index (κ3) is 2.90. The van der Waals surface area contributed by atoms with Crippen LogP contribution in [0.3, 0.4) is 0 Å². The Labute approximate surface area is 106 Å². The average molecular weight is 251 g/mol. The SMILES string of the molecule is CC(CC1CC1)NCc1cn(C)c(=O)n(C)c1=O. The summed E-state index contributed by atoms with van der Waals surface area (Å²) >= 11 is 0. The molecular weight excluding hydrogens is 230 g/mol. The van der Waals surface area contributed by atoms with Gasteiger partial charge in [-0.05, 0) is 19.3 Å². The van der Waals surface area contributed by atoms with Gasteiger partial charge in [-0.2, -0.15) is 0 Å². The van der Waals surface area contributed by atoms with Crippen molar-refractivity contribution in [3.05, 3.63) is 32.6 Å². The predicted molar refractivity (Wildman–Crippen MR) is 70.6 cm³/mol. The maximum absolute atomic E-state index is 11.9. The first-order valence-electron chi connectivity index (χ1n) is 6.48. The summed E-state index contributed by atoms with van der Waals surface area (Å²) < 4.78 is 2.60. The van der Waals surface area contributed by atoms with Gasteiger partial charge in [0.05, 0.1) is 0 Å². The fourth-order valence-corrected chi connectivity index (χ4v) is 2.23. The van der Waals surface area contributed by atoms with Gasteiger partial charge in [0.2, 0.25) is 0 Å². The van der Waals surface area contributed by atoms with Crippen molar-refractivity contribution in [2.75, 3.05) is 0 Å². The van der Waals surface area contributed by atoms with Gasteiger partial charge in [-0.1, -0.05) is 12.8 Å². The molecule has 1 N–H and O–H groups in total. The third-order valence-electron chi connectivity index (χ3n) is 3.54. The summed E-state index contributed by atoms with van der Waals surface area (Å²) in [6.45, 7) is 2.67. The van der Waals surface area contributed by atoms with Crippen LogP contribution in [0.5, 0.6) is 0 Å². The molecule has 1 fully saturated rings. The van der Waals surface area contributed by atoms with E-state index >= 15 is 0 Å². The fourth-order valence-electron chi connectivity index (χ4n) is 2.23. The summed E-state index contributed by atoms with van der Waals surface area (Å²) in [6, 6.07) is 0.416. The number of nitrogens with zero attached hydrogens (tertiary/aromatic N) is 2. The summed E-state index contributed by atoms with van der Waals surface area (Å²) in [4.78, 5) is 23.4. The van der Waals surface area contributed by atoms with E-state index in [0.717, 1.165) is 10.5 Å². The Morgan fingerprint density at radius 2 is 2.06 bits per heavy atom. The lowest BCUT2D eigenvalue weighted by Crippen LogP contribution is -2.40. The molecule has 0 amide bonds. The predicted octanol–water partition coefficient (Wildman–Crippen LogP) is 0.362.